The van der Waals surface area contributed by atoms with Crippen molar-refractivity contribution in [3.05, 3.63) is 58.1 Å². The molecule has 2 N–H and O–H groups in total. The van der Waals surface area contributed by atoms with Crippen molar-refractivity contribution in [1.82, 2.24) is 0 Å². The zero-order valence-electron chi connectivity index (χ0n) is 15.1. The summed E-state index contributed by atoms with van der Waals surface area (Å²) in [6.07, 6.45) is 0. The number of para-hydroxylation sites is 1. The summed E-state index contributed by atoms with van der Waals surface area (Å²) in [6, 6.07) is 9.58. The van der Waals surface area contributed by atoms with Gasteiger partial charge in [-0.2, -0.15) is 0 Å². The van der Waals surface area contributed by atoms with Gasteiger partial charge < -0.3 is 20.1 Å². The van der Waals surface area contributed by atoms with Crippen molar-refractivity contribution < 1.29 is 28.8 Å². The maximum atomic E-state index is 12.2. The number of carbonyl (C=O) groups excluding carboxylic acids is 3. The summed E-state index contributed by atoms with van der Waals surface area (Å²) < 4.78 is 9.93. The van der Waals surface area contributed by atoms with Crippen molar-refractivity contribution in [2.75, 3.05) is 24.4 Å². The first-order valence-corrected chi connectivity index (χ1v) is 8.08. The van der Waals surface area contributed by atoms with E-state index in [2.05, 4.69) is 10.6 Å². The molecule has 0 unspecified atom stereocenters. The van der Waals surface area contributed by atoms with Crippen LogP contribution in [0.25, 0.3) is 0 Å². The van der Waals surface area contributed by atoms with Crippen molar-refractivity contribution in [1.29, 1.82) is 0 Å². The van der Waals surface area contributed by atoms with Crippen LogP contribution in [-0.4, -0.2) is 36.4 Å². The third-order valence-corrected chi connectivity index (χ3v) is 3.52. The molecule has 0 saturated carbocycles. The van der Waals surface area contributed by atoms with Crippen LogP contribution in [0.5, 0.6) is 5.75 Å². The van der Waals surface area contributed by atoms with Crippen LogP contribution in [0.1, 0.15) is 17.3 Å². The second kappa shape index (κ2) is 9.12. The number of non-ortho nitro benzene ring substituents is 1. The van der Waals surface area contributed by atoms with Gasteiger partial charge in [0.2, 0.25) is 0 Å². The first-order chi connectivity index (χ1) is 13.4. The van der Waals surface area contributed by atoms with Gasteiger partial charge in [-0.1, -0.05) is 12.1 Å². The van der Waals surface area contributed by atoms with E-state index in [1.807, 2.05) is 0 Å². The quantitative estimate of drug-likeness (QED) is 0.336. The number of hydrogen-bond acceptors (Lipinski definition) is 7. The number of hydrogen-bond donors (Lipinski definition) is 2. The van der Waals surface area contributed by atoms with Crippen LogP contribution in [0.2, 0.25) is 0 Å². The molecule has 10 nitrogen and oxygen atoms in total. The number of rotatable bonds is 6. The van der Waals surface area contributed by atoms with Gasteiger partial charge in [0.1, 0.15) is 5.75 Å². The zero-order valence-corrected chi connectivity index (χ0v) is 15.1. The third kappa shape index (κ3) is 4.81. The van der Waals surface area contributed by atoms with Crippen LogP contribution >= 0.6 is 0 Å². The molecule has 2 rings (SSSR count). The molecule has 2 aromatic rings. The lowest BCUT2D eigenvalue weighted by Gasteiger charge is -2.12. The van der Waals surface area contributed by atoms with Gasteiger partial charge in [-0.15, -0.1) is 0 Å². The highest BCUT2D eigenvalue weighted by atomic mass is 16.6. The van der Waals surface area contributed by atoms with Gasteiger partial charge >= 0.3 is 17.8 Å². The van der Waals surface area contributed by atoms with E-state index in [9.17, 15) is 24.5 Å². The zero-order chi connectivity index (χ0) is 20.7. The van der Waals surface area contributed by atoms with Gasteiger partial charge in [0.25, 0.3) is 5.69 Å². The molecular weight excluding hydrogens is 370 g/mol. The summed E-state index contributed by atoms with van der Waals surface area (Å²) in [5, 5.41) is 15.5. The molecule has 28 heavy (non-hydrogen) atoms. The fourth-order valence-corrected chi connectivity index (χ4v) is 2.24. The minimum atomic E-state index is -1.10. The molecule has 0 atom stereocenters. The summed E-state index contributed by atoms with van der Waals surface area (Å²) in [4.78, 5) is 46.6. The molecular formula is C18H17N3O7. The number of esters is 1. The third-order valence-electron chi connectivity index (χ3n) is 3.52. The average molecular weight is 387 g/mol. The van der Waals surface area contributed by atoms with E-state index >= 15 is 0 Å². The lowest BCUT2D eigenvalue weighted by Crippen LogP contribution is -2.30. The van der Waals surface area contributed by atoms with Crippen LogP contribution in [0, 0.1) is 10.1 Å². The Morgan fingerprint density at radius 1 is 1.04 bits per heavy atom. The van der Waals surface area contributed by atoms with Gasteiger partial charge in [-0.05, 0) is 25.1 Å². The van der Waals surface area contributed by atoms with Crippen LogP contribution in [0.4, 0.5) is 17.1 Å². The first-order valence-electron chi connectivity index (χ1n) is 8.08. The van der Waals surface area contributed by atoms with Gasteiger partial charge in [0.05, 0.1) is 35.6 Å². The summed E-state index contributed by atoms with van der Waals surface area (Å²) >= 11 is 0. The summed E-state index contributed by atoms with van der Waals surface area (Å²) in [5.74, 6) is -2.69. The number of amides is 2. The number of methoxy groups -OCH3 is 1. The van der Waals surface area contributed by atoms with E-state index in [1.165, 1.54) is 31.4 Å². The molecule has 10 heteroatoms. The Labute approximate surface area is 159 Å². The smallest absolute Gasteiger partial charge is 0.340 e. The number of nitrogens with zero attached hydrogens (tertiary/aromatic N) is 1. The lowest BCUT2D eigenvalue weighted by atomic mass is 10.2. The normalized spacial score (nSPS) is 9.93. The number of nitro groups is 1. The Bertz CT molecular complexity index is 927. The molecule has 0 aliphatic heterocycles. The Morgan fingerprint density at radius 2 is 1.68 bits per heavy atom. The van der Waals surface area contributed by atoms with Gasteiger partial charge in [0.15, 0.2) is 0 Å². The molecule has 2 amide bonds. The molecule has 146 valence electrons. The molecule has 0 aliphatic rings. The number of benzene rings is 2. The van der Waals surface area contributed by atoms with Crippen LogP contribution < -0.4 is 15.4 Å². The maximum Gasteiger partial charge on any atom is 0.340 e. The molecule has 0 bridgehead atoms. The Morgan fingerprint density at radius 3 is 2.29 bits per heavy atom. The molecule has 2 aromatic carbocycles. The van der Waals surface area contributed by atoms with Crippen molar-refractivity contribution in [3.63, 3.8) is 0 Å². The monoisotopic (exact) mass is 387 g/mol. The first kappa shape index (κ1) is 20.4. The standard InChI is InChI=1S/C18H17N3O7/c1-3-28-18(24)12-6-4-5-7-13(12)19-16(22)17(23)20-14-10-11(21(25)26)8-9-15(14)27-2/h4-10H,3H2,1-2H3,(H,19,22)(H,20,23). The van der Waals surface area contributed by atoms with Crippen LogP contribution in [0.15, 0.2) is 42.5 Å². The molecule has 0 aliphatic carbocycles. The van der Waals surface area contributed by atoms with Crippen molar-refractivity contribution in [2.45, 2.75) is 6.92 Å². The fraction of sp³-hybridized carbons (Fsp3) is 0.167. The predicted molar refractivity (Wildman–Crippen MR) is 99.3 cm³/mol. The minimum Gasteiger partial charge on any atom is -0.495 e. The lowest BCUT2D eigenvalue weighted by molar-refractivity contribution is -0.384. The topological polar surface area (TPSA) is 137 Å². The van der Waals surface area contributed by atoms with Gasteiger partial charge in [0, 0.05) is 12.1 Å². The molecule has 0 heterocycles. The van der Waals surface area contributed by atoms with Crippen LogP contribution in [0.3, 0.4) is 0 Å². The Kier molecular flexibility index (Phi) is 6.63. The highest BCUT2D eigenvalue weighted by molar-refractivity contribution is 6.44. The second-order valence-electron chi connectivity index (χ2n) is 5.32. The predicted octanol–water partition coefficient (Wildman–Crippen LogP) is 2.36. The van der Waals surface area contributed by atoms with E-state index in [0.717, 1.165) is 6.07 Å². The van der Waals surface area contributed by atoms with Crippen LogP contribution in [-0.2, 0) is 14.3 Å². The van der Waals surface area contributed by atoms with E-state index < -0.39 is 22.7 Å². The average Bonchev–Trinajstić information content (AvgIpc) is 2.68. The molecule has 0 fully saturated rings. The van der Waals surface area contributed by atoms with E-state index in [4.69, 9.17) is 9.47 Å². The molecule has 0 aromatic heterocycles. The van der Waals surface area contributed by atoms with E-state index in [1.54, 1.807) is 19.1 Å². The van der Waals surface area contributed by atoms with Gasteiger partial charge in [-0.3, -0.25) is 19.7 Å². The highest BCUT2D eigenvalue weighted by Crippen LogP contribution is 2.28. The highest BCUT2D eigenvalue weighted by Gasteiger charge is 2.21. The SMILES string of the molecule is CCOC(=O)c1ccccc1NC(=O)C(=O)Nc1cc([N+](=O)[O-])ccc1OC. The number of carbonyl (C=O) groups is 3. The van der Waals surface area contributed by atoms with Crippen molar-refractivity contribution >= 4 is 34.8 Å². The number of anilines is 2. The van der Waals surface area contributed by atoms with Crippen molar-refractivity contribution in [2.24, 2.45) is 0 Å². The molecule has 0 saturated heterocycles. The van der Waals surface area contributed by atoms with E-state index in [-0.39, 0.29) is 35.0 Å². The summed E-state index contributed by atoms with van der Waals surface area (Å²) in [7, 11) is 1.31. The number of nitro benzene ring substituents is 1. The van der Waals surface area contributed by atoms with Crippen molar-refractivity contribution in [3.8, 4) is 5.75 Å². The Hall–Kier alpha value is -3.95. The maximum absolute atomic E-state index is 12.2. The summed E-state index contributed by atoms with van der Waals surface area (Å²) in [5.41, 5.74) is -0.162. The number of nitrogens with one attached hydrogen (secondary N) is 2. The van der Waals surface area contributed by atoms with Gasteiger partial charge in [-0.25, -0.2) is 4.79 Å². The largest absolute Gasteiger partial charge is 0.495 e. The van der Waals surface area contributed by atoms with E-state index in [0.29, 0.717) is 0 Å². The number of ether oxygens (including phenoxy) is 2. The fourth-order valence-electron chi connectivity index (χ4n) is 2.24. The molecule has 0 spiro atoms. The second-order valence-corrected chi connectivity index (χ2v) is 5.32. The Balaban J connectivity index is 2.19. The summed E-state index contributed by atoms with van der Waals surface area (Å²) in [6.45, 7) is 1.78. The molecule has 0 radical (unpaired) electrons. The minimum absolute atomic E-state index is 0.0458.